The zero-order valence-electron chi connectivity index (χ0n) is 12.0. The van der Waals surface area contributed by atoms with Crippen LogP contribution in [0.25, 0.3) is 0 Å². The second kappa shape index (κ2) is 6.03. The maximum Gasteiger partial charge on any atom is 0.343 e. The highest BCUT2D eigenvalue weighted by Gasteiger charge is 2.33. The quantitative estimate of drug-likeness (QED) is 0.817. The van der Waals surface area contributed by atoms with E-state index in [-0.39, 0.29) is 12.2 Å². The van der Waals surface area contributed by atoms with E-state index < -0.39 is 12.0 Å². The highest BCUT2D eigenvalue weighted by atomic mass is 32.1. The van der Waals surface area contributed by atoms with Gasteiger partial charge in [-0.3, -0.25) is 14.3 Å². The molecule has 0 fully saturated rings. The van der Waals surface area contributed by atoms with E-state index >= 15 is 0 Å². The van der Waals surface area contributed by atoms with Crippen molar-refractivity contribution in [3.8, 4) is 0 Å². The van der Waals surface area contributed by atoms with Crippen molar-refractivity contribution in [3.63, 3.8) is 0 Å². The first kappa shape index (κ1) is 14.9. The third-order valence-electron chi connectivity index (χ3n) is 3.64. The number of carbonyl (C=O) groups is 1. The Hall–Kier alpha value is -1.97. The minimum absolute atomic E-state index is 0.107. The van der Waals surface area contributed by atoms with Gasteiger partial charge in [0.05, 0.1) is 19.7 Å². The molecule has 0 aromatic carbocycles. The van der Waals surface area contributed by atoms with Crippen molar-refractivity contribution < 1.29 is 14.6 Å². The number of H-pyrrole nitrogens is 1. The van der Waals surface area contributed by atoms with Gasteiger partial charge in [-0.1, -0.05) is 0 Å². The molecule has 0 radical (unpaired) electrons. The number of hydrogen-bond acceptors (Lipinski definition) is 6. The fourth-order valence-electron chi connectivity index (χ4n) is 2.59. The number of thiophene rings is 1. The second-order valence-electron chi connectivity index (χ2n) is 5.17. The summed E-state index contributed by atoms with van der Waals surface area (Å²) in [5.74, 6) is -0.372. The molecule has 8 nitrogen and oxygen atoms in total. The third-order valence-corrected chi connectivity index (χ3v) is 4.61. The third kappa shape index (κ3) is 2.82. The lowest BCUT2D eigenvalue weighted by Gasteiger charge is -2.32. The molecule has 0 spiro atoms. The highest BCUT2D eigenvalue weighted by Crippen LogP contribution is 2.22. The van der Waals surface area contributed by atoms with E-state index in [0.717, 1.165) is 10.4 Å². The van der Waals surface area contributed by atoms with Crippen LogP contribution in [0.15, 0.2) is 16.2 Å². The Kier molecular flexibility index (Phi) is 4.10. The normalized spacial score (nSPS) is 18.3. The Morgan fingerprint density at radius 2 is 2.45 bits per heavy atom. The van der Waals surface area contributed by atoms with Crippen LogP contribution < -0.4 is 5.69 Å². The number of fused-ring (bicyclic) bond motifs is 1. The molecule has 2 aromatic rings. The largest absolute Gasteiger partial charge is 0.480 e. The van der Waals surface area contributed by atoms with Crippen LogP contribution in [0.3, 0.4) is 0 Å². The molecule has 118 valence electrons. The minimum atomic E-state index is -0.938. The summed E-state index contributed by atoms with van der Waals surface area (Å²) in [6.07, 6.45) is 0. The minimum Gasteiger partial charge on any atom is -0.480 e. The van der Waals surface area contributed by atoms with Crippen molar-refractivity contribution in [1.29, 1.82) is 0 Å². The van der Waals surface area contributed by atoms with Gasteiger partial charge in [0.2, 0.25) is 0 Å². The van der Waals surface area contributed by atoms with E-state index in [1.165, 1.54) is 4.57 Å². The molecule has 3 rings (SSSR count). The van der Waals surface area contributed by atoms with Gasteiger partial charge in [0.1, 0.15) is 11.9 Å². The van der Waals surface area contributed by atoms with Crippen LogP contribution in [0.4, 0.5) is 0 Å². The number of hydrogen-bond donors (Lipinski definition) is 2. The lowest BCUT2D eigenvalue weighted by atomic mass is 10.2. The fraction of sp³-hybridized carbons (Fsp3) is 0.462. The maximum absolute atomic E-state index is 11.6. The molecule has 9 heteroatoms. The van der Waals surface area contributed by atoms with Gasteiger partial charge in [-0.15, -0.1) is 11.3 Å². The van der Waals surface area contributed by atoms with E-state index in [2.05, 4.69) is 10.2 Å². The number of aromatic nitrogens is 3. The van der Waals surface area contributed by atoms with E-state index in [0.29, 0.717) is 25.5 Å². The molecule has 0 saturated carbocycles. The molecule has 1 aliphatic rings. The molecule has 22 heavy (non-hydrogen) atoms. The van der Waals surface area contributed by atoms with Gasteiger partial charge < -0.3 is 9.84 Å². The summed E-state index contributed by atoms with van der Waals surface area (Å²) in [6.45, 7) is 1.48. The summed E-state index contributed by atoms with van der Waals surface area (Å²) < 4.78 is 6.48. The van der Waals surface area contributed by atoms with Crippen LogP contribution in [0, 0.1) is 0 Å². The van der Waals surface area contributed by atoms with Crippen LogP contribution in [-0.4, -0.2) is 43.9 Å². The van der Waals surface area contributed by atoms with Crippen molar-refractivity contribution in [3.05, 3.63) is 38.2 Å². The number of aromatic amines is 1. The van der Waals surface area contributed by atoms with Crippen molar-refractivity contribution in [2.45, 2.75) is 32.3 Å². The predicted octanol–water partition coefficient (Wildman–Crippen LogP) is 0.248. The maximum atomic E-state index is 11.6. The number of carboxylic acid groups (broad SMARTS) is 1. The summed E-state index contributed by atoms with van der Waals surface area (Å²) in [7, 11) is 1.64. The fourth-order valence-corrected chi connectivity index (χ4v) is 3.49. The molecule has 2 N–H and O–H groups in total. The lowest BCUT2D eigenvalue weighted by molar-refractivity contribution is -0.145. The van der Waals surface area contributed by atoms with Crippen LogP contribution in [-0.2, 0) is 35.8 Å². The Bertz CT molecular complexity index is 734. The number of methoxy groups -OCH3 is 1. The molecule has 1 atom stereocenters. The van der Waals surface area contributed by atoms with Crippen molar-refractivity contribution in [1.82, 2.24) is 19.7 Å². The van der Waals surface area contributed by atoms with Crippen LogP contribution in [0.5, 0.6) is 0 Å². The van der Waals surface area contributed by atoms with Gasteiger partial charge in [-0.05, 0) is 17.0 Å². The number of ether oxygens (including phenoxy) is 1. The molecule has 1 unspecified atom stereocenters. The highest BCUT2D eigenvalue weighted by molar-refractivity contribution is 7.10. The standard InChI is InChI=1S/C13H16N4O4S/c1-21-6-8-2-9(22-7-8)3-16-5-11-14-15-13(20)17(11)4-10(16)12(18)19/h2,7,10H,3-6H2,1H3,(H,15,20)(H,18,19). The Morgan fingerprint density at radius 1 is 1.64 bits per heavy atom. The molecular formula is C13H16N4O4S. The number of nitrogens with zero attached hydrogens (tertiary/aromatic N) is 3. The predicted molar refractivity (Wildman–Crippen MR) is 78.6 cm³/mol. The lowest BCUT2D eigenvalue weighted by Crippen LogP contribution is -2.48. The van der Waals surface area contributed by atoms with Crippen LogP contribution in [0.2, 0.25) is 0 Å². The van der Waals surface area contributed by atoms with Gasteiger partial charge in [0.15, 0.2) is 0 Å². The van der Waals surface area contributed by atoms with E-state index in [4.69, 9.17) is 4.74 Å². The second-order valence-corrected chi connectivity index (χ2v) is 6.16. The average Bonchev–Trinajstić information content (AvgIpc) is 3.06. The van der Waals surface area contributed by atoms with E-state index in [1.807, 2.05) is 16.3 Å². The van der Waals surface area contributed by atoms with Crippen LogP contribution >= 0.6 is 11.3 Å². The molecular weight excluding hydrogens is 308 g/mol. The number of nitrogens with one attached hydrogen (secondary N) is 1. The monoisotopic (exact) mass is 324 g/mol. The Labute approximate surface area is 129 Å². The first-order valence-electron chi connectivity index (χ1n) is 6.74. The molecule has 1 aliphatic heterocycles. The zero-order valence-corrected chi connectivity index (χ0v) is 12.8. The summed E-state index contributed by atoms with van der Waals surface area (Å²) in [6, 6.07) is 1.27. The van der Waals surface area contributed by atoms with Gasteiger partial charge in [0, 0.05) is 18.5 Å². The van der Waals surface area contributed by atoms with Gasteiger partial charge >= 0.3 is 11.7 Å². The summed E-state index contributed by atoms with van der Waals surface area (Å²) in [5.41, 5.74) is 0.711. The SMILES string of the molecule is COCc1csc(CN2Cc3n[nH]c(=O)n3CC2C(=O)O)c1. The number of carboxylic acids is 1. The summed E-state index contributed by atoms with van der Waals surface area (Å²) >= 11 is 1.57. The Balaban J connectivity index is 1.81. The Morgan fingerprint density at radius 3 is 3.18 bits per heavy atom. The first-order chi connectivity index (χ1) is 10.6. The molecule has 3 heterocycles. The number of rotatable bonds is 5. The molecule has 0 aliphatic carbocycles. The molecule has 2 aromatic heterocycles. The first-order valence-corrected chi connectivity index (χ1v) is 7.62. The smallest absolute Gasteiger partial charge is 0.343 e. The van der Waals surface area contributed by atoms with Gasteiger partial charge in [-0.2, -0.15) is 5.10 Å². The zero-order chi connectivity index (χ0) is 15.7. The van der Waals surface area contributed by atoms with Crippen molar-refractivity contribution >= 4 is 17.3 Å². The molecule has 0 bridgehead atoms. The molecule has 0 saturated heterocycles. The van der Waals surface area contributed by atoms with Gasteiger partial charge in [-0.25, -0.2) is 9.89 Å². The summed E-state index contributed by atoms with van der Waals surface area (Å²) in [5, 5.41) is 17.7. The van der Waals surface area contributed by atoms with Crippen LogP contribution in [0.1, 0.15) is 16.3 Å². The average molecular weight is 324 g/mol. The van der Waals surface area contributed by atoms with Gasteiger partial charge in [0.25, 0.3) is 0 Å². The topological polar surface area (TPSA) is 100 Å². The molecule has 0 amide bonds. The number of aliphatic carboxylic acids is 1. The van der Waals surface area contributed by atoms with Crippen molar-refractivity contribution in [2.75, 3.05) is 7.11 Å². The summed E-state index contributed by atoms with van der Waals surface area (Å²) in [4.78, 5) is 26.0. The van der Waals surface area contributed by atoms with E-state index in [9.17, 15) is 14.7 Å². The van der Waals surface area contributed by atoms with Crippen molar-refractivity contribution in [2.24, 2.45) is 0 Å². The van der Waals surface area contributed by atoms with E-state index in [1.54, 1.807) is 18.4 Å².